The van der Waals surface area contributed by atoms with Crippen LogP contribution in [0, 0.1) is 13.8 Å². The first-order valence-electron chi connectivity index (χ1n) is 6.71. The summed E-state index contributed by atoms with van der Waals surface area (Å²) in [6, 6.07) is 13.3. The van der Waals surface area contributed by atoms with E-state index in [4.69, 9.17) is 11.6 Å². The number of aromatic amines is 1. The van der Waals surface area contributed by atoms with Crippen molar-refractivity contribution in [2.75, 3.05) is 5.32 Å². The molecule has 0 fully saturated rings. The molecular weight excluding hydrogens is 284 g/mol. The highest BCUT2D eigenvalue weighted by atomic mass is 35.5. The Labute approximate surface area is 127 Å². The van der Waals surface area contributed by atoms with Crippen LogP contribution in [-0.2, 0) is 0 Å². The van der Waals surface area contributed by atoms with Crippen molar-refractivity contribution in [3.05, 3.63) is 64.3 Å². The molecule has 0 atom stereocenters. The summed E-state index contributed by atoms with van der Waals surface area (Å²) in [6.07, 6.45) is 0. The van der Waals surface area contributed by atoms with Gasteiger partial charge in [-0.3, -0.25) is 4.79 Å². The van der Waals surface area contributed by atoms with Gasteiger partial charge in [-0.15, -0.1) is 0 Å². The van der Waals surface area contributed by atoms with Gasteiger partial charge in [0.1, 0.15) is 5.69 Å². The number of halogens is 1. The van der Waals surface area contributed by atoms with E-state index in [-0.39, 0.29) is 5.91 Å². The lowest BCUT2D eigenvalue weighted by atomic mass is 10.1. The zero-order chi connectivity index (χ0) is 15.0. The number of hydrogen-bond donors (Lipinski definition) is 2. The Balaban J connectivity index is 1.97. The fourth-order valence-corrected chi connectivity index (χ4v) is 2.60. The van der Waals surface area contributed by atoms with Crippen LogP contribution >= 0.6 is 11.6 Å². The van der Waals surface area contributed by atoms with Gasteiger partial charge in [0.05, 0.1) is 0 Å². The highest BCUT2D eigenvalue weighted by molar-refractivity contribution is 6.31. The lowest BCUT2D eigenvalue weighted by molar-refractivity contribution is 0.102. The number of rotatable bonds is 2. The molecule has 3 aromatic rings. The van der Waals surface area contributed by atoms with Gasteiger partial charge in [0.2, 0.25) is 0 Å². The van der Waals surface area contributed by atoms with Gasteiger partial charge in [0.15, 0.2) is 0 Å². The molecule has 21 heavy (non-hydrogen) atoms. The van der Waals surface area contributed by atoms with Crippen molar-refractivity contribution >= 4 is 34.1 Å². The lowest BCUT2D eigenvalue weighted by Gasteiger charge is -2.08. The molecule has 2 N–H and O–H groups in total. The minimum atomic E-state index is -0.158. The first kappa shape index (κ1) is 13.7. The van der Waals surface area contributed by atoms with E-state index in [1.165, 1.54) is 0 Å². The van der Waals surface area contributed by atoms with Crippen LogP contribution in [0.25, 0.3) is 10.9 Å². The Morgan fingerprint density at radius 2 is 1.90 bits per heavy atom. The highest BCUT2D eigenvalue weighted by Crippen LogP contribution is 2.24. The van der Waals surface area contributed by atoms with Crippen molar-refractivity contribution < 1.29 is 4.79 Å². The van der Waals surface area contributed by atoms with Gasteiger partial charge in [-0.1, -0.05) is 35.9 Å². The summed E-state index contributed by atoms with van der Waals surface area (Å²) >= 11 is 5.98. The number of amides is 1. The van der Waals surface area contributed by atoms with E-state index < -0.39 is 0 Å². The molecule has 106 valence electrons. The maximum absolute atomic E-state index is 12.5. The van der Waals surface area contributed by atoms with E-state index in [0.717, 1.165) is 27.7 Å². The molecule has 1 heterocycles. The molecule has 1 aromatic heterocycles. The van der Waals surface area contributed by atoms with Crippen molar-refractivity contribution in [3.8, 4) is 0 Å². The van der Waals surface area contributed by atoms with Crippen molar-refractivity contribution in [1.82, 2.24) is 4.98 Å². The number of carbonyl (C=O) groups is 1. The second-order valence-corrected chi connectivity index (χ2v) is 5.52. The molecule has 0 aliphatic rings. The standard InChI is InChI=1S/C17H15ClN2O/c1-10-7-8-12(18)9-15(10)20-17(21)16-11(2)13-5-3-4-6-14(13)19-16/h3-9,19H,1-2H3,(H,20,21). The van der Waals surface area contributed by atoms with Gasteiger partial charge < -0.3 is 10.3 Å². The van der Waals surface area contributed by atoms with Crippen LogP contribution < -0.4 is 5.32 Å². The number of aryl methyl sites for hydroxylation is 2. The van der Waals surface area contributed by atoms with E-state index in [1.54, 1.807) is 12.1 Å². The SMILES string of the molecule is Cc1ccc(Cl)cc1NC(=O)c1[nH]c2ccccc2c1C. The molecule has 4 heteroatoms. The fraction of sp³-hybridized carbons (Fsp3) is 0.118. The molecule has 0 bridgehead atoms. The number of hydrogen-bond acceptors (Lipinski definition) is 1. The summed E-state index contributed by atoms with van der Waals surface area (Å²) in [5.41, 5.74) is 4.19. The molecule has 0 radical (unpaired) electrons. The van der Waals surface area contributed by atoms with Crippen molar-refractivity contribution in [3.63, 3.8) is 0 Å². The number of anilines is 1. The first-order valence-corrected chi connectivity index (χ1v) is 7.09. The minimum Gasteiger partial charge on any atom is -0.350 e. The summed E-state index contributed by atoms with van der Waals surface area (Å²) in [6.45, 7) is 3.88. The molecule has 0 aliphatic heterocycles. The molecule has 0 unspecified atom stereocenters. The van der Waals surface area contributed by atoms with Gasteiger partial charge in [-0.2, -0.15) is 0 Å². The first-order chi connectivity index (χ1) is 10.1. The van der Waals surface area contributed by atoms with Gasteiger partial charge in [0, 0.05) is 21.6 Å². The van der Waals surface area contributed by atoms with Gasteiger partial charge in [-0.25, -0.2) is 0 Å². The van der Waals surface area contributed by atoms with E-state index in [9.17, 15) is 4.79 Å². The number of H-pyrrole nitrogens is 1. The van der Waals surface area contributed by atoms with Crippen molar-refractivity contribution in [1.29, 1.82) is 0 Å². The van der Waals surface area contributed by atoms with Gasteiger partial charge >= 0.3 is 0 Å². The van der Waals surface area contributed by atoms with Crippen LogP contribution in [-0.4, -0.2) is 10.9 Å². The lowest BCUT2D eigenvalue weighted by Crippen LogP contribution is -2.14. The Morgan fingerprint density at radius 1 is 1.14 bits per heavy atom. The van der Waals surface area contributed by atoms with Crippen molar-refractivity contribution in [2.24, 2.45) is 0 Å². The van der Waals surface area contributed by atoms with Crippen LogP contribution in [0.5, 0.6) is 0 Å². The molecule has 0 aliphatic carbocycles. The normalized spacial score (nSPS) is 10.8. The number of benzene rings is 2. The third-order valence-corrected chi connectivity index (χ3v) is 3.88. The third kappa shape index (κ3) is 2.52. The van der Waals surface area contributed by atoms with Crippen molar-refractivity contribution in [2.45, 2.75) is 13.8 Å². The summed E-state index contributed by atoms with van der Waals surface area (Å²) in [4.78, 5) is 15.7. The minimum absolute atomic E-state index is 0.158. The highest BCUT2D eigenvalue weighted by Gasteiger charge is 2.15. The molecule has 1 amide bonds. The Kier molecular flexibility index (Phi) is 3.43. The van der Waals surface area contributed by atoms with Crippen LogP contribution in [0.15, 0.2) is 42.5 Å². The second-order valence-electron chi connectivity index (χ2n) is 5.08. The molecular formula is C17H15ClN2O. The number of nitrogens with one attached hydrogen (secondary N) is 2. The Morgan fingerprint density at radius 3 is 2.67 bits per heavy atom. The number of carbonyl (C=O) groups excluding carboxylic acids is 1. The predicted octanol–water partition coefficient (Wildman–Crippen LogP) is 4.69. The average molecular weight is 299 g/mol. The summed E-state index contributed by atoms with van der Waals surface area (Å²) in [5, 5.41) is 4.58. The predicted molar refractivity (Wildman–Crippen MR) is 87.2 cm³/mol. The largest absolute Gasteiger partial charge is 0.350 e. The summed E-state index contributed by atoms with van der Waals surface area (Å²) in [7, 11) is 0. The monoisotopic (exact) mass is 298 g/mol. The number of aromatic nitrogens is 1. The topological polar surface area (TPSA) is 44.9 Å². The van der Waals surface area contributed by atoms with Crippen LogP contribution in [0.2, 0.25) is 5.02 Å². The Bertz CT molecular complexity index is 836. The average Bonchev–Trinajstić information content (AvgIpc) is 2.81. The van der Waals surface area contributed by atoms with E-state index in [0.29, 0.717) is 10.7 Å². The maximum atomic E-state index is 12.5. The van der Waals surface area contributed by atoms with Crippen LogP contribution in [0.1, 0.15) is 21.6 Å². The van der Waals surface area contributed by atoms with E-state index >= 15 is 0 Å². The number of fused-ring (bicyclic) bond motifs is 1. The third-order valence-electron chi connectivity index (χ3n) is 3.64. The van der Waals surface area contributed by atoms with Crippen LogP contribution in [0.3, 0.4) is 0 Å². The molecule has 3 rings (SSSR count). The molecule has 0 saturated carbocycles. The molecule has 0 saturated heterocycles. The summed E-state index contributed by atoms with van der Waals surface area (Å²) in [5.74, 6) is -0.158. The maximum Gasteiger partial charge on any atom is 0.272 e. The molecule has 3 nitrogen and oxygen atoms in total. The van der Waals surface area contributed by atoms with E-state index in [1.807, 2.05) is 44.2 Å². The zero-order valence-corrected chi connectivity index (χ0v) is 12.6. The van der Waals surface area contributed by atoms with Crippen LogP contribution in [0.4, 0.5) is 5.69 Å². The molecule has 0 spiro atoms. The van der Waals surface area contributed by atoms with Gasteiger partial charge in [0.25, 0.3) is 5.91 Å². The zero-order valence-electron chi connectivity index (χ0n) is 11.8. The van der Waals surface area contributed by atoms with E-state index in [2.05, 4.69) is 10.3 Å². The second kappa shape index (κ2) is 5.26. The van der Waals surface area contributed by atoms with Gasteiger partial charge in [-0.05, 0) is 43.2 Å². The Hall–Kier alpha value is -2.26. The fourth-order valence-electron chi connectivity index (χ4n) is 2.42. The number of para-hydroxylation sites is 1. The smallest absolute Gasteiger partial charge is 0.272 e. The summed E-state index contributed by atoms with van der Waals surface area (Å²) < 4.78 is 0. The quantitative estimate of drug-likeness (QED) is 0.708. The molecule has 2 aromatic carbocycles.